The maximum Gasteiger partial charge on any atom is 0.311 e. The molecule has 8 nitrogen and oxygen atoms in total. The third-order valence-corrected chi connectivity index (χ3v) is 5.59. The van der Waals surface area contributed by atoms with Crippen LogP contribution in [0.5, 0.6) is 5.75 Å². The molecule has 6 atom stereocenters. The molecule has 1 fully saturated rings. The molecule has 180 valence electrons. The standard InChI is InChI=1S/C24H36O8/c1-4-5-6-7-8-15(2)22(29)31-24-21(28)19(26)20(27)23(32-24)30-18-13-11-17(12-14-18)10-9-16(3)25/h11-15,19-21,23-24,26-28H,4-10H2,1-3H3/t15?,19-,20+,21-,23-,24-/m0/s1. The van der Waals surface area contributed by atoms with E-state index in [-0.39, 0.29) is 11.7 Å². The number of aryl methyl sites for hydroxylation is 1. The molecule has 0 amide bonds. The van der Waals surface area contributed by atoms with E-state index in [1.54, 1.807) is 31.2 Å². The number of Topliss-reactive ketones (excluding diaryl/α,β-unsaturated/α-hetero) is 1. The van der Waals surface area contributed by atoms with Crippen molar-refractivity contribution in [3.63, 3.8) is 0 Å². The smallest absolute Gasteiger partial charge is 0.311 e. The molecular formula is C24H36O8. The van der Waals surface area contributed by atoms with E-state index in [1.165, 1.54) is 6.92 Å². The molecule has 0 bridgehead atoms. The predicted octanol–water partition coefficient (Wildman–Crippen LogP) is 2.50. The van der Waals surface area contributed by atoms with E-state index in [2.05, 4.69) is 6.92 Å². The average molecular weight is 453 g/mol. The van der Waals surface area contributed by atoms with Gasteiger partial charge < -0.3 is 29.6 Å². The van der Waals surface area contributed by atoms with Gasteiger partial charge in [0.25, 0.3) is 0 Å². The summed E-state index contributed by atoms with van der Waals surface area (Å²) >= 11 is 0. The fourth-order valence-electron chi connectivity index (χ4n) is 3.43. The molecule has 0 saturated carbocycles. The van der Waals surface area contributed by atoms with Gasteiger partial charge >= 0.3 is 5.97 Å². The van der Waals surface area contributed by atoms with Gasteiger partial charge in [0, 0.05) is 6.42 Å². The summed E-state index contributed by atoms with van der Waals surface area (Å²) in [6, 6.07) is 6.89. The van der Waals surface area contributed by atoms with Crippen molar-refractivity contribution in [3.8, 4) is 5.75 Å². The third-order valence-electron chi connectivity index (χ3n) is 5.59. The van der Waals surface area contributed by atoms with Crippen LogP contribution in [-0.2, 0) is 25.5 Å². The van der Waals surface area contributed by atoms with Crippen molar-refractivity contribution < 1.29 is 39.1 Å². The first-order valence-corrected chi connectivity index (χ1v) is 11.4. The largest absolute Gasteiger partial charge is 0.462 e. The monoisotopic (exact) mass is 452 g/mol. The van der Waals surface area contributed by atoms with E-state index in [1.807, 2.05) is 0 Å². The summed E-state index contributed by atoms with van der Waals surface area (Å²) in [5, 5.41) is 30.7. The molecule has 1 aromatic rings. The van der Waals surface area contributed by atoms with Crippen molar-refractivity contribution in [2.45, 2.75) is 96.6 Å². The molecule has 1 unspecified atom stereocenters. The van der Waals surface area contributed by atoms with Gasteiger partial charge in [0.15, 0.2) is 0 Å². The van der Waals surface area contributed by atoms with Crippen molar-refractivity contribution in [3.05, 3.63) is 29.8 Å². The van der Waals surface area contributed by atoms with E-state index in [4.69, 9.17) is 14.2 Å². The highest BCUT2D eigenvalue weighted by Gasteiger charge is 2.47. The fourth-order valence-corrected chi connectivity index (χ4v) is 3.43. The maximum atomic E-state index is 12.4. The Kier molecular flexibility index (Phi) is 10.6. The van der Waals surface area contributed by atoms with Crippen LogP contribution in [-0.4, -0.2) is 58.0 Å². The minimum atomic E-state index is -1.61. The molecule has 0 aromatic heterocycles. The number of hydrogen-bond acceptors (Lipinski definition) is 8. The quantitative estimate of drug-likeness (QED) is 0.327. The summed E-state index contributed by atoms with van der Waals surface area (Å²) in [7, 11) is 0. The van der Waals surface area contributed by atoms with E-state index in [0.717, 1.165) is 31.2 Å². The van der Waals surface area contributed by atoms with Gasteiger partial charge in [-0.15, -0.1) is 0 Å². The predicted molar refractivity (Wildman–Crippen MR) is 117 cm³/mol. The van der Waals surface area contributed by atoms with Crippen molar-refractivity contribution >= 4 is 11.8 Å². The molecule has 32 heavy (non-hydrogen) atoms. The van der Waals surface area contributed by atoms with Crippen LogP contribution in [0.3, 0.4) is 0 Å². The molecule has 3 N–H and O–H groups in total. The highest BCUT2D eigenvalue weighted by Crippen LogP contribution is 2.26. The number of esters is 1. The summed E-state index contributed by atoms with van der Waals surface area (Å²) in [6.45, 7) is 5.40. The Hall–Kier alpha value is -2.00. The van der Waals surface area contributed by atoms with Crippen LogP contribution >= 0.6 is 0 Å². The molecule has 0 aliphatic carbocycles. The normalized spacial score (nSPS) is 26.4. The second-order valence-corrected chi connectivity index (χ2v) is 8.50. The Morgan fingerprint density at radius 3 is 2.28 bits per heavy atom. The molecule has 1 aromatic carbocycles. The fraction of sp³-hybridized carbons (Fsp3) is 0.667. The Balaban J connectivity index is 1.94. The molecule has 1 saturated heterocycles. The number of unbranched alkanes of at least 4 members (excludes halogenated alkanes) is 3. The van der Waals surface area contributed by atoms with Gasteiger partial charge in [0.05, 0.1) is 5.92 Å². The number of ketones is 1. The number of aliphatic hydroxyl groups is 3. The molecule has 1 aliphatic rings. The summed E-state index contributed by atoms with van der Waals surface area (Å²) < 4.78 is 16.4. The average Bonchev–Trinajstić information content (AvgIpc) is 2.77. The van der Waals surface area contributed by atoms with Crippen LogP contribution in [0.2, 0.25) is 0 Å². The molecular weight excluding hydrogens is 416 g/mol. The van der Waals surface area contributed by atoms with E-state index < -0.39 is 36.9 Å². The molecule has 1 heterocycles. The second-order valence-electron chi connectivity index (χ2n) is 8.50. The lowest BCUT2D eigenvalue weighted by molar-refractivity contribution is -0.325. The summed E-state index contributed by atoms with van der Waals surface area (Å²) in [4.78, 5) is 23.5. The molecule has 0 radical (unpaired) electrons. The zero-order chi connectivity index (χ0) is 23.7. The maximum absolute atomic E-state index is 12.4. The molecule has 1 aliphatic heterocycles. The topological polar surface area (TPSA) is 123 Å². The van der Waals surface area contributed by atoms with Gasteiger partial charge in [-0.05, 0) is 37.5 Å². The van der Waals surface area contributed by atoms with Gasteiger partial charge in [0.1, 0.15) is 29.8 Å². The van der Waals surface area contributed by atoms with E-state index in [0.29, 0.717) is 25.0 Å². The van der Waals surface area contributed by atoms with Crippen LogP contribution in [0.15, 0.2) is 24.3 Å². The second kappa shape index (κ2) is 12.9. The molecule has 8 heteroatoms. The van der Waals surface area contributed by atoms with Crippen molar-refractivity contribution in [2.24, 2.45) is 5.92 Å². The Labute approximate surface area is 189 Å². The third kappa shape index (κ3) is 7.85. The Morgan fingerprint density at radius 1 is 1.00 bits per heavy atom. The molecule has 2 rings (SSSR count). The lowest BCUT2D eigenvalue weighted by atomic mass is 10.0. The Bertz CT molecular complexity index is 719. The van der Waals surface area contributed by atoms with Crippen LogP contribution in [0.4, 0.5) is 0 Å². The number of benzene rings is 1. The van der Waals surface area contributed by atoms with Crippen LogP contribution < -0.4 is 4.74 Å². The first kappa shape index (κ1) is 26.3. The summed E-state index contributed by atoms with van der Waals surface area (Å²) in [5.74, 6) is -0.456. The lowest BCUT2D eigenvalue weighted by Gasteiger charge is -2.39. The lowest BCUT2D eigenvalue weighted by Crippen LogP contribution is -2.60. The van der Waals surface area contributed by atoms with Crippen molar-refractivity contribution in [2.75, 3.05) is 0 Å². The summed E-state index contributed by atoms with van der Waals surface area (Å²) in [6.07, 6.45) is -1.71. The zero-order valence-electron chi connectivity index (χ0n) is 19.1. The number of ether oxygens (including phenoxy) is 3. The molecule has 0 spiro atoms. The van der Waals surface area contributed by atoms with E-state index >= 15 is 0 Å². The minimum absolute atomic E-state index is 0.104. The van der Waals surface area contributed by atoms with Crippen LogP contribution in [0, 0.1) is 5.92 Å². The first-order chi connectivity index (χ1) is 15.2. The van der Waals surface area contributed by atoms with Crippen LogP contribution in [0.25, 0.3) is 0 Å². The number of carbonyl (C=O) groups excluding carboxylic acids is 2. The van der Waals surface area contributed by atoms with Gasteiger partial charge in [-0.2, -0.15) is 0 Å². The highest BCUT2D eigenvalue weighted by atomic mass is 16.8. The Morgan fingerprint density at radius 2 is 1.66 bits per heavy atom. The summed E-state index contributed by atoms with van der Waals surface area (Å²) in [5.41, 5.74) is 0.952. The van der Waals surface area contributed by atoms with Gasteiger partial charge in [-0.3, -0.25) is 9.53 Å². The zero-order valence-corrected chi connectivity index (χ0v) is 19.1. The first-order valence-electron chi connectivity index (χ1n) is 11.4. The number of rotatable bonds is 12. The number of aliphatic hydroxyl groups excluding tert-OH is 3. The van der Waals surface area contributed by atoms with Gasteiger partial charge in [0.2, 0.25) is 12.6 Å². The minimum Gasteiger partial charge on any atom is -0.462 e. The SMILES string of the molecule is CCCCCCC(C)C(=O)O[C@H]1O[C@H](Oc2ccc(CCC(C)=O)cc2)[C@H](O)[C@H](O)[C@@H]1O. The van der Waals surface area contributed by atoms with Crippen molar-refractivity contribution in [1.29, 1.82) is 0 Å². The highest BCUT2D eigenvalue weighted by molar-refractivity contribution is 5.75. The number of hydrogen-bond donors (Lipinski definition) is 3. The van der Waals surface area contributed by atoms with Crippen molar-refractivity contribution in [1.82, 2.24) is 0 Å². The number of carbonyl (C=O) groups is 2. The van der Waals surface area contributed by atoms with Gasteiger partial charge in [-0.1, -0.05) is 51.7 Å². The van der Waals surface area contributed by atoms with Crippen LogP contribution in [0.1, 0.15) is 64.9 Å². The van der Waals surface area contributed by atoms with E-state index in [9.17, 15) is 24.9 Å². The van der Waals surface area contributed by atoms with Gasteiger partial charge in [-0.25, -0.2) is 0 Å².